The minimum absolute atomic E-state index is 0.711. The van der Waals surface area contributed by atoms with Crippen LogP contribution in [0.2, 0.25) is 0 Å². The van der Waals surface area contributed by atoms with E-state index in [4.69, 9.17) is 4.42 Å². The highest BCUT2D eigenvalue weighted by Crippen LogP contribution is 2.39. The van der Waals surface area contributed by atoms with Crippen LogP contribution in [0.25, 0.3) is 76.9 Å². The Morgan fingerprint density at radius 3 is 1.64 bits per heavy atom. The van der Waals surface area contributed by atoms with Crippen molar-refractivity contribution in [2.24, 2.45) is 0 Å². The van der Waals surface area contributed by atoms with Crippen LogP contribution in [-0.4, -0.2) is 0 Å². The Morgan fingerprint density at radius 1 is 0.340 bits per heavy atom. The van der Waals surface area contributed by atoms with Gasteiger partial charge in [0.2, 0.25) is 0 Å². The maximum absolute atomic E-state index is 6.27. The van der Waals surface area contributed by atoms with Crippen LogP contribution in [0.4, 0.5) is 11.4 Å². The van der Waals surface area contributed by atoms with E-state index in [-0.39, 0.29) is 0 Å². The lowest BCUT2D eigenvalue weighted by atomic mass is 9.97. The molecule has 1 aromatic heterocycles. The molecule has 0 unspecified atom stereocenters. The van der Waals surface area contributed by atoms with Gasteiger partial charge in [0.25, 0.3) is 0 Å². The van der Waals surface area contributed by atoms with Crippen molar-refractivity contribution in [2.45, 2.75) is 6.54 Å². The molecule has 0 N–H and O–H groups in total. The van der Waals surface area contributed by atoms with Gasteiger partial charge < -0.3 is 9.32 Å². The summed E-state index contributed by atoms with van der Waals surface area (Å²) >= 11 is 0. The SMILES string of the molecule is c1ccc(-c2ccc(-c3ccc(N(Cc4ccccc4-c4ccccc4)c4ccc5ccc6cc7oc8ccccc8c7cc6c5c4)cc3)cc2)cc1. The zero-order valence-electron chi connectivity index (χ0n) is 29.1. The molecule has 0 aliphatic carbocycles. The number of rotatable bonds is 7. The van der Waals surface area contributed by atoms with Gasteiger partial charge in [0.1, 0.15) is 11.2 Å². The molecular formula is C51H35NO. The quantitative estimate of drug-likeness (QED) is 0.156. The van der Waals surface area contributed by atoms with Crippen LogP contribution < -0.4 is 4.90 Å². The first-order valence-electron chi connectivity index (χ1n) is 18.2. The molecule has 0 aliphatic heterocycles. The van der Waals surface area contributed by atoms with Crippen LogP contribution in [0, 0.1) is 0 Å². The number of hydrogen-bond acceptors (Lipinski definition) is 2. The summed E-state index contributed by atoms with van der Waals surface area (Å²) in [5.74, 6) is 0. The molecule has 0 aliphatic rings. The van der Waals surface area contributed by atoms with Crippen LogP contribution in [0.15, 0.2) is 205 Å². The standard InChI is InChI=1S/C51H35NO/c1-3-11-35(12-4-1)36-19-21-37(22-20-36)38-25-28-43(29-26-38)52(34-42-15-7-8-16-45(42)39-13-5-2-6-14-39)44-30-27-40-23-24-41-31-51-49(33-48(41)47(40)32-44)46-17-9-10-18-50(46)53-51/h1-33H,34H2. The zero-order valence-corrected chi connectivity index (χ0v) is 29.1. The summed E-state index contributed by atoms with van der Waals surface area (Å²) in [5, 5.41) is 7.13. The molecule has 0 bridgehead atoms. The van der Waals surface area contributed by atoms with Crippen molar-refractivity contribution in [2.75, 3.05) is 4.90 Å². The normalized spacial score (nSPS) is 11.5. The Labute approximate surface area is 308 Å². The van der Waals surface area contributed by atoms with Crippen LogP contribution in [0.5, 0.6) is 0 Å². The number of anilines is 2. The monoisotopic (exact) mass is 677 g/mol. The van der Waals surface area contributed by atoms with Gasteiger partial charge >= 0.3 is 0 Å². The fourth-order valence-electron chi connectivity index (χ4n) is 7.81. The second-order valence-corrected chi connectivity index (χ2v) is 13.7. The van der Waals surface area contributed by atoms with E-state index in [0.29, 0.717) is 6.54 Å². The molecule has 2 heteroatoms. The Bertz CT molecular complexity index is 2890. The van der Waals surface area contributed by atoms with E-state index >= 15 is 0 Å². The van der Waals surface area contributed by atoms with Gasteiger partial charge in [-0.2, -0.15) is 0 Å². The number of nitrogens with zero attached hydrogens (tertiary/aromatic N) is 1. The molecule has 9 aromatic carbocycles. The third-order valence-electron chi connectivity index (χ3n) is 10.6. The number of para-hydroxylation sites is 1. The molecule has 0 radical (unpaired) electrons. The largest absolute Gasteiger partial charge is 0.456 e. The van der Waals surface area contributed by atoms with Gasteiger partial charge in [-0.05, 0) is 103 Å². The molecule has 250 valence electrons. The van der Waals surface area contributed by atoms with Crippen molar-refractivity contribution >= 4 is 54.9 Å². The van der Waals surface area contributed by atoms with Gasteiger partial charge in [-0.25, -0.2) is 0 Å². The van der Waals surface area contributed by atoms with Crippen molar-refractivity contribution in [3.8, 4) is 33.4 Å². The summed E-state index contributed by atoms with van der Waals surface area (Å²) in [6.45, 7) is 0.711. The summed E-state index contributed by atoms with van der Waals surface area (Å²) in [6.07, 6.45) is 0. The third kappa shape index (κ3) is 5.71. The van der Waals surface area contributed by atoms with Gasteiger partial charge in [-0.1, -0.05) is 158 Å². The molecule has 0 fully saturated rings. The van der Waals surface area contributed by atoms with Gasteiger partial charge in [0.15, 0.2) is 0 Å². The maximum atomic E-state index is 6.27. The second kappa shape index (κ2) is 13.0. The van der Waals surface area contributed by atoms with E-state index in [2.05, 4.69) is 193 Å². The molecule has 10 aromatic rings. The van der Waals surface area contributed by atoms with E-state index < -0.39 is 0 Å². The molecule has 53 heavy (non-hydrogen) atoms. The summed E-state index contributed by atoms with van der Waals surface area (Å²) in [4.78, 5) is 2.45. The van der Waals surface area contributed by atoms with Gasteiger partial charge in [0.05, 0.1) is 0 Å². The molecule has 1 heterocycles. The summed E-state index contributed by atoms with van der Waals surface area (Å²) in [5.41, 5.74) is 12.7. The highest BCUT2D eigenvalue weighted by molar-refractivity contribution is 6.16. The zero-order chi connectivity index (χ0) is 35.1. The lowest BCUT2D eigenvalue weighted by molar-refractivity contribution is 0.669. The van der Waals surface area contributed by atoms with E-state index in [1.54, 1.807) is 0 Å². The smallest absolute Gasteiger partial charge is 0.136 e. The molecule has 10 rings (SSSR count). The average molecular weight is 678 g/mol. The van der Waals surface area contributed by atoms with E-state index in [1.807, 2.05) is 12.1 Å². The first-order chi connectivity index (χ1) is 26.2. The molecule has 0 saturated heterocycles. The lowest BCUT2D eigenvalue weighted by Crippen LogP contribution is -2.17. The third-order valence-corrected chi connectivity index (χ3v) is 10.6. The first-order valence-corrected chi connectivity index (χ1v) is 18.2. The van der Waals surface area contributed by atoms with Crippen LogP contribution in [0.1, 0.15) is 5.56 Å². The van der Waals surface area contributed by atoms with Crippen molar-refractivity contribution in [1.82, 2.24) is 0 Å². The Hall–Kier alpha value is -6.90. The number of hydrogen-bond donors (Lipinski definition) is 0. The Kier molecular flexibility index (Phi) is 7.58. The van der Waals surface area contributed by atoms with Crippen molar-refractivity contribution in [3.05, 3.63) is 206 Å². The molecule has 2 nitrogen and oxygen atoms in total. The predicted octanol–water partition coefficient (Wildman–Crippen LogP) is 14.2. The first kappa shape index (κ1) is 30.9. The number of benzene rings is 9. The minimum Gasteiger partial charge on any atom is -0.456 e. The van der Waals surface area contributed by atoms with Gasteiger partial charge in [-0.3, -0.25) is 0 Å². The fraction of sp³-hybridized carbons (Fsp3) is 0.0196. The van der Waals surface area contributed by atoms with Crippen LogP contribution in [-0.2, 0) is 6.54 Å². The predicted molar refractivity (Wildman–Crippen MR) is 224 cm³/mol. The Morgan fingerprint density at radius 2 is 0.887 bits per heavy atom. The maximum Gasteiger partial charge on any atom is 0.136 e. The highest BCUT2D eigenvalue weighted by Gasteiger charge is 2.16. The second-order valence-electron chi connectivity index (χ2n) is 13.7. The fourth-order valence-corrected chi connectivity index (χ4v) is 7.81. The molecular weight excluding hydrogens is 643 g/mol. The Balaban J connectivity index is 1.09. The van der Waals surface area contributed by atoms with E-state index in [0.717, 1.165) is 33.3 Å². The van der Waals surface area contributed by atoms with E-state index in [9.17, 15) is 0 Å². The summed E-state index contributed by atoms with van der Waals surface area (Å²) in [6, 6.07) is 72.1. The topological polar surface area (TPSA) is 16.4 Å². The van der Waals surface area contributed by atoms with Crippen molar-refractivity contribution < 1.29 is 4.42 Å². The summed E-state index contributed by atoms with van der Waals surface area (Å²) < 4.78 is 6.27. The van der Waals surface area contributed by atoms with Crippen molar-refractivity contribution in [1.29, 1.82) is 0 Å². The highest BCUT2D eigenvalue weighted by atomic mass is 16.3. The number of furan rings is 1. The molecule has 0 saturated carbocycles. The minimum atomic E-state index is 0.711. The van der Waals surface area contributed by atoms with Gasteiger partial charge in [0, 0.05) is 28.7 Å². The lowest BCUT2D eigenvalue weighted by Gasteiger charge is -2.27. The average Bonchev–Trinajstić information content (AvgIpc) is 3.60. The molecule has 0 amide bonds. The van der Waals surface area contributed by atoms with Crippen LogP contribution in [0.3, 0.4) is 0 Å². The van der Waals surface area contributed by atoms with E-state index in [1.165, 1.54) is 60.5 Å². The van der Waals surface area contributed by atoms with Gasteiger partial charge in [-0.15, -0.1) is 0 Å². The molecule has 0 spiro atoms. The number of fused-ring (bicyclic) bond motifs is 6. The van der Waals surface area contributed by atoms with Crippen LogP contribution >= 0.6 is 0 Å². The summed E-state index contributed by atoms with van der Waals surface area (Å²) in [7, 11) is 0. The molecule has 0 atom stereocenters. The van der Waals surface area contributed by atoms with Crippen molar-refractivity contribution in [3.63, 3.8) is 0 Å².